The Morgan fingerprint density at radius 3 is 2.48 bits per heavy atom. The Morgan fingerprint density at radius 2 is 1.79 bits per heavy atom. The summed E-state index contributed by atoms with van der Waals surface area (Å²) < 4.78 is 5.22. The predicted octanol–water partition coefficient (Wildman–Crippen LogP) is 3.36. The molecular formula is C22H28ClN3O3. The zero-order valence-electron chi connectivity index (χ0n) is 17.1. The first-order valence-electron chi connectivity index (χ1n) is 9.52. The van der Waals surface area contributed by atoms with Gasteiger partial charge in [0.2, 0.25) is 11.8 Å². The van der Waals surface area contributed by atoms with Crippen LogP contribution < -0.4 is 15.4 Å². The standard InChI is InChI=1S/C22H28ClN3O3/c1-16(9-10-17-7-5-4-6-8-17)24-21(27)14-26(2)15-22(28)25-19-13-18(23)11-12-20(19)29-3/h4-8,11-13,16H,9-10,14-15H2,1-3H3,(H,24,27)(H,25,28)/t16-/m1/s1. The lowest BCUT2D eigenvalue weighted by atomic mass is 10.1. The van der Waals surface area contributed by atoms with Gasteiger partial charge in [0.1, 0.15) is 5.75 Å². The number of nitrogens with one attached hydrogen (secondary N) is 2. The number of amides is 2. The van der Waals surface area contributed by atoms with Gasteiger partial charge in [-0.2, -0.15) is 0 Å². The molecule has 7 heteroatoms. The molecule has 0 aliphatic heterocycles. The molecule has 0 radical (unpaired) electrons. The Morgan fingerprint density at radius 1 is 1.10 bits per heavy atom. The zero-order chi connectivity index (χ0) is 21.2. The lowest BCUT2D eigenvalue weighted by Crippen LogP contribution is -2.42. The van der Waals surface area contributed by atoms with Gasteiger partial charge in [-0.05, 0) is 50.6 Å². The van der Waals surface area contributed by atoms with Crippen LogP contribution in [0.1, 0.15) is 18.9 Å². The molecule has 6 nitrogen and oxygen atoms in total. The third kappa shape index (κ3) is 8.13. The van der Waals surface area contributed by atoms with Crippen molar-refractivity contribution < 1.29 is 14.3 Å². The lowest BCUT2D eigenvalue weighted by molar-refractivity contribution is -0.123. The fourth-order valence-electron chi connectivity index (χ4n) is 2.93. The van der Waals surface area contributed by atoms with Gasteiger partial charge in [0.15, 0.2) is 0 Å². The molecule has 0 fully saturated rings. The SMILES string of the molecule is COc1ccc(Cl)cc1NC(=O)CN(C)CC(=O)N[C@H](C)CCc1ccccc1. The largest absolute Gasteiger partial charge is 0.495 e. The highest BCUT2D eigenvalue weighted by Gasteiger charge is 2.14. The number of hydrogen-bond acceptors (Lipinski definition) is 4. The summed E-state index contributed by atoms with van der Waals surface area (Å²) >= 11 is 5.97. The first-order valence-corrected chi connectivity index (χ1v) is 9.90. The molecule has 0 saturated heterocycles. The van der Waals surface area contributed by atoms with Gasteiger partial charge in [0.25, 0.3) is 0 Å². The second kappa shape index (κ2) is 11.4. The van der Waals surface area contributed by atoms with Gasteiger partial charge in [-0.3, -0.25) is 14.5 Å². The van der Waals surface area contributed by atoms with Gasteiger partial charge >= 0.3 is 0 Å². The fourth-order valence-corrected chi connectivity index (χ4v) is 3.11. The Hall–Kier alpha value is -2.57. The van der Waals surface area contributed by atoms with Crippen molar-refractivity contribution in [2.24, 2.45) is 0 Å². The Balaban J connectivity index is 1.74. The highest BCUT2D eigenvalue weighted by molar-refractivity contribution is 6.31. The molecule has 2 aromatic rings. The maximum Gasteiger partial charge on any atom is 0.238 e. The van der Waals surface area contributed by atoms with E-state index in [0.717, 1.165) is 12.8 Å². The van der Waals surface area contributed by atoms with Crippen LogP contribution in [-0.2, 0) is 16.0 Å². The summed E-state index contributed by atoms with van der Waals surface area (Å²) in [7, 11) is 3.25. The number of rotatable bonds is 10. The fraction of sp³-hybridized carbons (Fsp3) is 0.364. The summed E-state index contributed by atoms with van der Waals surface area (Å²) in [5, 5.41) is 6.24. The van der Waals surface area contributed by atoms with Crippen molar-refractivity contribution in [3.05, 3.63) is 59.1 Å². The average molecular weight is 418 g/mol. The number of aryl methyl sites for hydroxylation is 1. The van der Waals surface area contributed by atoms with Crippen molar-refractivity contribution in [1.29, 1.82) is 0 Å². The third-order valence-corrected chi connectivity index (χ3v) is 4.61. The van der Waals surface area contributed by atoms with E-state index in [1.165, 1.54) is 12.7 Å². The highest BCUT2D eigenvalue weighted by atomic mass is 35.5. The summed E-state index contributed by atoms with van der Waals surface area (Å²) in [6.45, 7) is 2.19. The van der Waals surface area contributed by atoms with Crippen LogP contribution >= 0.6 is 11.6 Å². The van der Waals surface area contributed by atoms with E-state index < -0.39 is 0 Å². The number of anilines is 1. The number of benzene rings is 2. The molecule has 2 amide bonds. The van der Waals surface area contributed by atoms with Crippen molar-refractivity contribution in [1.82, 2.24) is 10.2 Å². The second-order valence-corrected chi connectivity index (χ2v) is 7.49. The third-order valence-electron chi connectivity index (χ3n) is 4.38. The molecule has 0 heterocycles. The van der Waals surface area contributed by atoms with E-state index >= 15 is 0 Å². The van der Waals surface area contributed by atoms with Gasteiger partial charge in [-0.15, -0.1) is 0 Å². The molecule has 2 aromatic carbocycles. The molecule has 2 N–H and O–H groups in total. The van der Waals surface area contributed by atoms with Crippen molar-refractivity contribution in [3.8, 4) is 5.75 Å². The van der Waals surface area contributed by atoms with Crippen LogP contribution in [0, 0.1) is 0 Å². The van der Waals surface area contributed by atoms with Gasteiger partial charge in [-0.1, -0.05) is 41.9 Å². The summed E-state index contributed by atoms with van der Waals surface area (Å²) in [4.78, 5) is 26.2. The Labute approximate surface area is 177 Å². The zero-order valence-corrected chi connectivity index (χ0v) is 17.8. The van der Waals surface area contributed by atoms with Crippen LogP contribution in [0.25, 0.3) is 0 Å². The molecule has 0 aliphatic rings. The van der Waals surface area contributed by atoms with Crippen LogP contribution in [0.2, 0.25) is 5.02 Å². The number of carbonyl (C=O) groups is 2. The quantitative estimate of drug-likeness (QED) is 0.621. The molecule has 156 valence electrons. The molecule has 0 spiro atoms. The van der Waals surface area contributed by atoms with Gasteiger partial charge in [0, 0.05) is 11.1 Å². The molecular weight excluding hydrogens is 390 g/mol. The molecule has 0 saturated carbocycles. The number of likely N-dealkylation sites (N-methyl/N-ethyl adjacent to an activating group) is 1. The second-order valence-electron chi connectivity index (χ2n) is 7.06. The first kappa shape index (κ1) is 22.7. The molecule has 29 heavy (non-hydrogen) atoms. The number of ether oxygens (including phenoxy) is 1. The van der Waals surface area contributed by atoms with Gasteiger partial charge in [0.05, 0.1) is 25.9 Å². The lowest BCUT2D eigenvalue weighted by Gasteiger charge is -2.19. The molecule has 2 rings (SSSR count). The van der Waals surface area contributed by atoms with Crippen molar-refractivity contribution in [2.45, 2.75) is 25.8 Å². The van der Waals surface area contributed by atoms with E-state index in [9.17, 15) is 9.59 Å². The minimum Gasteiger partial charge on any atom is -0.495 e. The van der Waals surface area contributed by atoms with E-state index in [2.05, 4.69) is 22.8 Å². The smallest absolute Gasteiger partial charge is 0.238 e. The van der Waals surface area contributed by atoms with Gasteiger partial charge < -0.3 is 15.4 Å². The van der Waals surface area contributed by atoms with E-state index in [0.29, 0.717) is 16.5 Å². The number of nitrogens with zero attached hydrogens (tertiary/aromatic N) is 1. The van der Waals surface area contributed by atoms with E-state index in [-0.39, 0.29) is 30.9 Å². The topological polar surface area (TPSA) is 70.7 Å². The Kier molecular flexibility index (Phi) is 8.96. The van der Waals surface area contributed by atoms with E-state index in [1.807, 2.05) is 25.1 Å². The number of methoxy groups -OCH3 is 1. The van der Waals surface area contributed by atoms with Crippen molar-refractivity contribution in [2.75, 3.05) is 32.6 Å². The molecule has 0 aliphatic carbocycles. The van der Waals surface area contributed by atoms with Crippen LogP contribution in [0.4, 0.5) is 5.69 Å². The van der Waals surface area contributed by atoms with Crippen LogP contribution in [0.5, 0.6) is 5.75 Å². The number of hydrogen-bond donors (Lipinski definition) is 2. The predicted molar refractivity (Wildman–Crippen MR) is 116 cm³/mol. The minimum atomic E-state index is -0.252. The van der Waals surface area contributed by atoms with Crippen molar-refractivity contribution in [3.63, 3.8) is 0 Å². The monoisotopic (exact) mass is 417 g/mol. The maximum atomic E-state index is 12.3. The number of halogens is 1. The maximum absolute atomic E-state index is 12.3. The summed E-state index contributed by atoms with van der Waals surface area (Å²) in [6.07, 6.45) is 1.76. The van der Waals surface area contributed by atoms with Crippen LogP contribution in [0.15, 0.2) is 48.5 Å². The molecule has 0 unspecified atom stereocenters. The summed E-state index contributed by atoms with van der Waals surface area (Å²) in [5.74, 6) is 0.162. The molecule has 1 atom stereocenters. The normalized spacial score (nSPS) is 11.8. The van der Waals surface area contributed by atoms with Gasteiger partial charge in [-0.25, -0.2) is 0 Å². The van der Waals surface area contributed by atoms with Crippen LogP contribution in [-0.4, -0.2) is 50.0 Å². The van der Waals surface area contributed by atoms with E-state index in [1.54, 1.807) is 30.1 Å². The summed E-state index contributed by atoms with van der Waals surface area (Å²) in [6, 6.07) is 15.2. The minimum absolute atomic E-state index is 0.0562. The summed E-state index contributed by atoms with van der Waals surface area (Å²) in [5.41, 5.74) is 1.75. The average Bonchev–Trinajstić information content (AvgIpc) is 2.67. The number of carbonyl (C=O) groups excluding carboxylic acids is 2. The Bertz CT molecular complexity index is 814. The van der Waals surface area contributed by atoms with Crippen LogP contribution in [0.3, 0.4) is 0 Å². The molecule has 0 aromatic heterocycles. The highest BCUT2D eigenvalue weighted by Crippen LogP contribution is 2.27. The van der Waals surface area contributed by atoms with E-state index in [4.69, 9.17) is 16.3 Å². The van der Waals surface area contributed by atoms with Crippen molar-refractivity contribution >= 4 is 29.1 Å². The molecule has 0 bridgehead atoms. The first-order chi connectivity index (χ1) is 13.9.